The van der Waals surface area contributed by atoms with Crippen molar-refractivity contribution < 1.29 is 8.42 Å². The van der Waals surface area contributed by atoms with Gasteiger partial charge in [0.25, 0.3) is 0 Å². The van der Waals surface area contributed by atoms with E-state index < -0.39 is 10.0 Å². The van der Waals surface area contributed by atoms with E-state index in [1.165, 1.54) is 12.8 Å². The van der Waals surface area contributed by atoms with E-state index in [1.807, 2.05) is 6.92 Å². The van der Waals surface area contributed by atoms with Gasteiger partial charge in [0.1, 0.15) is 0 Å². The van der Waals surface area contributed by atoms with Gasteiger partial charge in [-0.2, -0.15) is 4.31 Å². The second kappa shape index (κ2) is 7.37. The summed E-state index contributed by atoms with van der Waals surface area (Å²) in [5, 5.41) is 2.99. The fourth-order valence-corrected chi connectivity index (χ4v) is 4.02. The van der Waals surface area contributed by atoms with Crippen molar-refractivity contribution >= 4 is 10.0 Å². The van der Waals surface area contributed by atoms with Gasteiger partial charge in [-0.15, -0.1) is 0 Å². The number of hydrogen-bond donors (Lipinski definition) is 1. The first-order valence-electron chi connectivity index (χ1n) is 7.99. The van der Waals surface area contributed by atoms with E-state index in [0.29, 0.717) is 25.7 Å². The predicted molar refractivity (Wildman–Crippen MR) is 86.0 cm³/mol. The summed E-state index contributed by atoms with van der Waals surface area (Å²) in [7, 11) is 0.979. The van der Waals surface area contributed by atoms with Gasteiger partial charge in [-0.05, 0) is 33.9 Å². The molecule has 1 aliphatic heterocycles. The van der Waals surface area contributed by atoms with Crippen LogP contribution in [-0.2, 0) is 10.0 Å². The number of hydrogen-bond acceptors (Lipinski definition) is 5. The van der Waals surface area contributed by atoms with E-state index in [-0.39, 0.29) is 5.25 Å². The molecule has 2 rings (SSSR count). The van der Waals surface area contributed by atoms with Crippen LogP contribution in [0.15, 0.2) is 0 Å². The standard InChI is InChI=1S/C14H30N4O2S/c1-13(12-15-14-4-5-14)21(19,20)18-10-8-17(9-11-18)7-6-16(2)3/h13-15H,4-12H2,1-3H3. The molecule has 1 N–H and O–H groups in total. The van der Waals surface area contributed by atoms with Crippen molar-refractivity contribution in [3.05, 3.63) is 0 Å². The molecule has 0 amide bonds. The summed E-state index contributed by atoms with van der Waals surface area (Å²) in [5.41, 5.74) is 0. The Morgan fingerprint density at radius 1 is 1.19 bits per heavy atom. The summed E-state index contributed by atoms with van der Waals surface area (Å²) in [6, 6.07) is 0.561. The minimum absolute atomic E-state index is 0.327. The van der Waals surface area contributed by atoms with Crippen molar-refractivity contribution in [2.24, 2.45) is 0 Å². The molecule has 7 heteroatoms. The molecule has 21 heavy (non-hydrogen) atoms. The molecule has 1 aliphatic carbocycles. The van der Waals surface area contributed by atoms with Crippen LogP contribution in [0.25, 0.3) is 0 Å². The predicted octanol–water partition coefficient (Wildman–Crippen LogP) is -0.364. The van der Waals surface area contributed by atoms with Crippen molar-refractivity contribution in [3.63, 3.8) is 0 Å². The molecule has 1 saturated carbocycles. The Hall–Kier alpha value is -0.210. The third kappa shape index (κ3) is 5.17. The van der Waals surface area contributed by atoms with Crippen LogP contribution in [-0.4, -0.2) is 93.7 Å². The Kier molecular flexibility index (Phi) is 6.02. The van der Waals surface area contributed by atoms with Gasteiger partial charge in [0.15, 0.2) is 0 Å². The topological polar surface area (TPSA) is 55.9 Å². The molecule has 1 saturated heterocycles. The Labute approximate surface area is 129 Å². The number of nitrogens with zero attached hydrogens (tertiary/aromatic N) is 3. The summed E-state index contributed by atoms with van der Waals surface area (Å²) in [6.45, 7) is 7.38. The first-order chi connectivity index (χ1) is 9.89. The Balaban J connectivity index is 1.76. The van der Waals surface area contributed by atoms with E-state index in [4.69, 9.17) is 0 Å². The summed E-state index contributed by atoms with van der Waals surface area (Å²) in [6.07, 6.45) is 2.38. The first-order valence-corrected chi connectivity index (χ1v) is 9.49. The van der Waals surface area contributed by atoms with Crippen molar-refractivity contribution in [2.75, 3.05) is 59.9 Å². The molecule has 1 atom stereocenters. The number of likely N-dealkylation sites (N-methyl/N-ethyl adjacent to an activating group) is 1. The van der Waals surface area contributed by atoms with Crippen molar-refractivity contribution in [1.82, 2.24) is 19.4 Å². The summed E-state index contributed by atoms with van der Waals surface area (Å²) in [4.78, 5) is 4.51. The SMILES string of the molecule is CC(CNC1CC1)S(=O)(=O)N1CCN(CCN(C)C)CC1. The third-order valence-electron chi connectivity index (χ3n) is 4.33. The molecule has 0 bridgehead atoms. The van der Waals surface area contributed by atoms with Crippen LogP contribution >= 0.6 is 0 Å². The highest BCUT2D eigenvalue weighted by atomic mass is 32.2. The number of sulfonamides is 1. The summed E-state index contributed by atoms with van der Waals surface area (Å²) >= 11 is 0. The van der Waals surface area contributed by atoms with Crippen LogP contribution in [0.4, 0.5) is 0 Å². The molecule has 2 aliphatic rings. The normalized spacial score (nSPS) is 23.6. The van der Waals surface area contributed by atoms with Crippen molar-refractivity contribution in [1.29, 1.82) is 0 Å². The van der Waals surface area contributed by atoms with Gasteiger partial charge in [-0.25, -0.2) is 8.42 Å². The minimum atomic E-state index is -3.15. The van der Waals surface area contributed by atoms with Gasteiger partial charge in [0.2, 0.25) is 10.0 Å². The highest BCUT2D eigenvalue weighted by Crippen LogP contribution is 2.19. The second-order valence-electron chi connectivity index (χ2n) is 6.58. The van der Waals surface area contributed by atoms with Gasteiger partial charge in [-0.1, -0.05) is 0 Å². The molecule has 0 aromatic rings. The Morgan fingerprint density at radius 2 is 1.81 bits per heavy atom. The molecule has 1 heterocycles. The lowest BCUT2D eigenvalue weighted by Gasteiger charge is -2.35. The maximum absolute atomic E-state index is 12.6. The molecule has 124 valence electrons. The lowest BCUT2D eigenvalue weighted by molar-refractivity contribution is 0.174. The summed E-state index contributed by atoms with van der Waals surface area (Å²) in [5.74, 6) is 0. The zero-order valence-electron chi connectivity index (χ0n) is 13.6. The zero-order chi connectivity index (χ0) is 15.5. The van der Waals surface area contributed by atoms with Gasteiger partial charge >= 0.3 is 0 Å². The average Bonchev–Trinajstić information content (AvgIpc) is 3.27. The Bertz CT molecular complexity index is 415. The zero-order valence-corrected chi connectivity index (χ0v) is 14.4. The quantitative estimate of drug-likeness (QED) is 0.662. The fraction of sp³-hybridized carbons (Fsp3) is 1.00. The molecule has 0 spiro atoms. The summed E-state index contributed by atoms with van der Waals surface area (Å²) < 4.78 is 26.8. The fourth-order valence-electron chi connectivity index (χ4n) is 2.53. The lowest BCUT2D eigenvalue weighted by Crippen LogP contribution is -2.52. The molecule has 1 unspecified atom stereocenters. The molecular formula is C14H30N4O2S. The van der Waals surface area contributed by atoms with Gasteiger partial charge in [-0.3, -0.25) is 4.90 Å². The van der Waals surface area contributed by atoms with Crippen LogP contribution in [0.2, 0.25) is 0 Å². The molecular weight excluding hydrogens is 288 g/mol. The van der Waals surface area contributed by atoms with Crippen LogP contribution in [0.1, 0.15) is 19.8 Å². The molecule has 0 radical (unpaired) electrons. The van der Waals surface area contributed by atoms with E-state index >= 15 is 0 Å². The maximum atomic E-state index is 12.6. The highest BCUT2D eigenvalue weighted by molar-refractivity contribution is 7.89. The van der Waals surface area contributed by atoms with Crippen molar-refractivity contribution in [3.8, 4) is 0 Å². The maximum Gasteiger partial charge on any atom is 0.218 e. The monoisotopic (exact) mass is 318 g/mol. The smallest absolute Gasteiger partial charge is 0.218 e. The van der Waals surface area contributed by atoms with E-state index in [0.717, 1.165) is 26.2 Å². The van der Waals surface area contributed by atoms with Gasteiger partial charge in [0, 0.05) is 51.9 Å². The van der Waals surface area contributed by atoms with Crippen LogP contribution < -0.4 is 5.32 Å². The molecule has 0 aromatic carbocycles. The number of nitrogens with one attached hydrogen (secondary N) is 1. The number of rotatable bonds is 8. The van der Waals surface area contributed by atoms with Crippen LogP contribution in [0.5, 0.6) is 0 Å². The van der Waals surface area contributed by atoms with Crippen LogP contribution in [0.3, 0.4) is 0 Å². The average molecular weight is 318 g/mol. The second-order valence-corrected chi connectivity index (χ2v) is 8.93. The lowest BCUT2D eigenvalue weighted by atomic mass is 10.3. The molecule has 2 fully saturated rings. The van der Waals surface area contributed by atoms with Gasteiger partial charge < -0.3 is 10.2 Å². The van der Waals surface area contributed by atoms with Crippen molar-refractivity contribution in [2.45, 2.75) is 31.1 Å². The minimum Gasteiger partial charge on any atom is -0.313 e. The Morgan fingerprint density at radius 3 is 2.33 bits per heavy atom. The van der Waals surface area contributed by atoms with Crippen LogP contribution in [0, 0.1) is 0 Å². The highest BCUT2D eigenvalue weighted by Gasteiger charge is 2.32. The van der Waals surface area contributed by atoms with E-state index in [9.17, 15) is 8.42 Å². The van der Waals surface area contributed by atoms with E-state index in [2.05, 4.69) is 29.2 Å². The molecule has 6 nitrogen and oxygen atoms in total. The first kappa shape index (κ1) is 17.1. The third-order valence-corrected chi connectivity index (χ3v) is 6.60. The van der Waals surface area contributed by atoms with E-state index in [1.54, 1.807) is 4.31 Å². The van der Waals surface area contributed by atoms with Gasteiger partial charge in [0.05, 0.1) is 5.25 Å². The largest absolute Gasteiger partial charge is 0.313 e. The molecule has 0 aromatic heterocycles. The number of piperazine rings is 1.